The molecule has 17 heavy (non-hydrogen) atoms. The maximum atomic E-state index is 5.76. The van der Waals surface area contributed by atoms with E-state index in [0.717, 1.165) is 22.1 Å². The van der Waals surface area contributed by atoms with E-state index in [1.165, 1.54) is 11.3 Å². The van der Waals surface area contributed by atoms with Crippen LogP contribution in [0.4, 0.5) is 5.69 Å². The van der Waals surface area contributed by atoms with E-state index >= 15 is 0 Å². The zero-order valence-corrected chi connectivity index (χ0v) is 10.3. The number of nitrogens with one attached hydrogen (secondary N) is 1. The number of aromatic nitrogens is 1. The Morgan fingerprint density at radius 2 is 2.24 bits per heavy atom. The SMILES string of the molecule is Clc1ncc(CNc2ccc3c(c2)OCO3)s1. The molecule has 0 fully saturated rings. The Hall–Kier alpha value is -1.46. The summed E-state index contributed by atoms with van der Waals surface area (Å²) in [5.41, 5.74) is 0.985. The van der Waals surface area contributed by atoms with Gasteiger partial charge in [0.2, 0.25) is 6.79 Å². The molecule has 0 bridgehead atoms. The molecule has 0 saturated carbocycles. The Kier molecular flexibility index (Phi) is 2.78. The van der Waals surface area contributed by atoms with Gasteiger partial charge >= 0.3 is 0 Å². The minimum Gasteiger partial charge on any atom is -0.454 e. The maximum absolute atomic E-state index is 5.76. The van der Waals surface area contributed by atoms with E-state index in [1.54, 1.807) is 6.20 Å². The predicted molar refractivity (Wildman–Crippen MR) is 67.0 cm³/mol. The molecule has 0 atom stereocenters. The molecule has 4 nitrogen and oxygen atoms in total. The molecule has 0 aliphatic carbocycles. The molecule has 3 rings (SSSR count). The van der Waals surface area contributed by atoms with Crippen molar-refractivity contribution >= 4 is 28.6 Å². The van der Waals surface area contributed by atoms with Crippen LogP contribution in [-0.2, 0) is 6.54 Å². The highest BCUT2D eigenvalue weighted by Crippen LogP contribution is 2.34. The fourth-order valence-corrected chi connectivity index (χ4v) is 2.48. The lowest BCUT2D eigenvalue weighted by Gasteiger charge is -2.05. The van der Waals surface area contributed by atoms with Crippen LogP contribution in [0.15, 0.2) is 24.4 Å². The van der Waals surface area contributed by atoms with Crippen LogP contribution < -0.4 is 14.8 Å². The molecule has 88 valence electrons. The van der Waals surface area contributed by atoms with Crippen molar-refractivity contribution in [1.29, 1.82) is 0 Å². The first-order chi connectivity index (χ1) is 8.31. The topological polar surface area (TPSA) is 43.4 Å². The minimum absolute atomic E-state index is 0.295. The van der Waals surface area contributed by atoms with E-state index in [-0.39, 0.29) is 0 Å². The van der Waals surface area contributed by atoms with Crippen molar-refractivity contribution in [2.75, 3.05) is 12.1 Å². The van der Waals surface area contributed by atoms with Crippen LogP contribution in [0.2, 0.25) is 4.47 Å². The number of benzene rings is 1. The molecule has 0 amide bonds. The lowest BCUT2D eigenvalue weighted by atomic mass is 10.3. The molecule has 1 aliphatic rings. The Labute approximate surface area is 107 Å². The van der Waals surface area contributed by atoms with Crippen molar-refractivity contribution in [3.8, 4) is 11.5 Å². The molecule has 6 heteroatoms. The molecule has 1 N–H and O–H groups in total. The first-order valence-electron chi connectivity index (χ1n) is 5.05. The zero-order valence-electron chi connectivity index (χ0n) is 8.77. The number of hydrogen-bond acceptors (Lipinski definition) is 5. The molecule has 0 radical (unpaired) electrons. The molecule has 2 aromatic rings. The van der Waals surface area contributed by atoms with E-state index in [2.05, 4.69) is 10.3 Å². The normalized spacial score (nSPS) is 12.8. The van der Waals surface area contributed by atoms with Gasteiger partial charge in [0.25, 0.3) is 0 Å². The summed E-state index contributed by atoms with van der Waals surface area (Å²) in [6, 6.07) is 5.77. The van der Waals surface area contributed by atoms with E-state index in [1.807, 2.05) is 18.2 Å². The number of nitrogens with zero attached hydrogens (tertiary/aromatic N) is 1. The van der Waals surface area contributed by atoms with Crippen molar-refractivity contribution in [1.82, 2.24) is 4.98 Å². The van der Waals surface area contributed by atoms with Gasteiger partial charge in [-0.15, -0.1) is 11.3 Å². The first-order valence-corrected chi connectivity index (χ1v) is 6.24. The lowest BCUT2D eigenvalue weighted by Crippen LogP contribution is -1.97. The molecule has 1 aromatic heterocycles. The van der Waals surface area contributed by atoms with Crippen LogP contribution >= 0.6 is 22.9 Å². The number of fused-ring (bicyclic) bond motifs is 1. The second kappa shape index (κ2) is 4.43. The zero-order chi connectivity index (χ0) is 11.7. The van der Waals surface area contributed by atoms with Crippen molar-refractivity contribution in [3.63, 3.8) is 0 Å². The number of ether oxygens (including phenoxy) is 2. The molecule has 1 aliphatic heterocycles. The second-order valence-electron chi connectivity index (χ2n) is 3.50. The quantitative estimate of drug-likeness (QED) is 0.929. The lowest BCUT2D eigenvalue weighted by molar-refractivity contribution is 0.174. The van der Waals surface area contributed by atoms with E-state index < -0.39 is 0 Å². The summed E-state index contributed by atoms with van der Waals surface area (Å²) in [7, 11) is 0. The maximum Gasteiger partial charge on any atom is 0.231 e. The highest BCUT2D eigenvalue weighted by Gasteiger charge is 2.12. The number of halogens is 1. The third-order valence-electron chi connectivity index (χ3n) is 2.36. The molecule has 1 aromatic carbocycles. The molecule has 0 unspecified atom stereocenters. The Morgan fingerprint density at radius 3 is 3.06 bits per heavy atom. The van der Waals surface area contributed by atoms with Crippen LogP contribution in [-0.4, -0.2) is 11.8 Å². The third kappa shape index (κ3) is 2.30. The van der Waals surface area contributed by atoms with Crippen LogP contribution in [0.1, 0.15) is 4.88 Å². The second-order valence-corrected chi connectivity index (χ2v) is 5.20. The number of hydrogen-bond donors (Lipinski definition) is 1. The summed E-state index contributed by atoms with van der Waals surface area (Å²) in [6.07, 6.45) is 1.77. The molecule has 2 heterocycles. The molecule has 0 spiro atoms. The van der Waals surface area contributed by atoms with Gasteiger partial charge in [-0.25, -0.2) is 4.98 Å². The van der Waals surface area contributed by atoms with E-state index in [9.17, 15) is 0 Å². The first kappa shape index (κ1) is 10.7. The number of rotatable bonds is 3. The van der Waals surface area contributed by atoms with Crippen LogP contribution in [0.3, 0.4) is 0 Å². The van der Waals surface area contributed by atoms with Gasteiger partial charge in [0.1, 0.15) is 0 Å². The predicted octanol–water partition coefficient (Wildman–Crippen LogP) is 3.14. The largest absolute Gasteiger partial charge is 0.454 e. The number of anilines is 1. The van der Waals surface area contributed by atoms with Crippen molar-refractivity contribution < 1.29 is 9.47 Å². The van der Waals surface area contributed by atoms with Gasteiger partial charge in [-0.05, 0) is 12.1 Å². The van der Waals surface area contributed by atoms with E-state index in [4.69, 9.17) is 21.1 Å². The minimum atomic E-state index is 0.295. The van der Waals surface area contributed by atoms with Gasteiger partial charge in [0.05, 0.1) is 6.54 Å². The monoisotopic (exact) mass is 268 g/mol. The van der Waals surface area contributed by atoms with Gasteiger partial charge in [-0.2, -0.15) is 0 Å². The molecular formula is C11H9ClN2O2S. The van der Waals surface area contributed by atoms with Crippen molar-refractivity contribution in [2.45, 2.75) is 6.54 Å². The molecule has 0 saturated heterocycles. The summed E-state index contributed by atoms with van der Waals surface area (Å²) >= 11 is 7.23. The Morgan fingerprint density at radius 1 is 1.35 bits per heavy atom. The fraction of sp³-hybridized carbons (Fsp3) is 0.182. The van der Waals surface area contributed by atoms with Gasteiger partial charge in [-0.3, -0.25) is 0 Å². The van der Waals surface area contributed by atoms with Gasteiger partial charge in [0, 0.05) is 22.8 Å². The Balaban J connectivity index is 1.69. The summed E-state index contributed by atoms with van der Waals surface area (Å²) in [4.78, 5) is 5.08. The summed E-state index contributed by atoms with van der Waals surface area (Å²) < 4.78 is 11.1. The smallest absolute Gasteiger partial charge is 0.231 e. The summed E-state index contributed by atoms with van der Waals surface area (Å²) in [5.74, 6) is 1.56. The average molecular weight is 269 g/mol. The summed E-state index contributed by atoms with van der Waals surface area (Å²) in [5, 5.41) is 3.28. The van der Waals surface area contributed by atoms with Gasteiger partial charge < -0.3 is 14.8 Å². The fourth-order valence-electron chi connectivity index (χ4n) is 1.56. The Bertz CT molecular complexity index is 544. The standard InChI is InChI=1S/C11H9ClN2O2S/c12-11-14-5-8(17-11)4-13-7-1-2-9-10(3-7)16-6-15-9/h1-3,5,13H,4,6H2. The van der Waals surface area contributed by atoms with Crippen LogP contribution in [0.25, 0.3) is 0 Å². The number of thiazole rings is 1. The van der Waals surface area contributed by atoms with Crippen molar-refractivity contribution in [3.05, 3.63) is 33.7 Å². The van der Waals surface area contributed by atoms with Crippen LogP contribution in [0, 0.1) is 0 Å². The highest BCUT2D eigenvalue weighted by atomic mass is 35.5. The average Bonchev–Trinajstić information content (AvgIpc) is 2.94. The van der Waals surface area contributed by atoms with E-state index in [0.29, 0.717) is 17.8 Å². The highest BCUT2D eigenvalue weighted by molar-refractivity contribution is 7.15. The van der Waals surface area contributed by atoms with Gasteiger partial charge in [0.15, 0.2) is 16.0 Å². The van der Waals surface area contributed by atoms with Crippen molar-refractivity contribution in [2.24, 2.45) is 0 Å². The van der Waals surface area contributed by atoms with Gasteiger partial charge in [-0.1, -0.05) is 11.6 Å². The third-order valence-corrected chi connectivity index (χ3v) is 3.48. The molecular weight excluding hydrogens is 260 g/mol. The summed E-state index contributed by atoms with van der Waals surface area (Å²) in [6.45, 7) is 0.993. The van der Waals surface area contributed by atoms with Crippen LogP contribution in [0.5, 0.6) is 11.5 Å².